The van der Waals surface area contributed by atoms with E-state index in [0.717, 1.165) is 11.3 Å². The van der Waals surface area contributed by atoms with Gasteiger partial charge in [-0.1, -0.05) is 18.2 Å². The Kier molecular flexibility index (Phi) is 4.01. The van der Waals surface area contributed by atoms with E-state index in [1.807, 2.05) is 35.0 Å². The van der Waals surface area contributed by atoms with Crippen LogP contribution in [0.15, 0.2) is 54.9 Å². The number of nitrogens with one attached hydrogen (secondary N) is 1. The van der Waals surface area contributed by atoms with Crippen molar-refractivity contribution in [2.24, 2.45) is 0 Å². The van der Waals surface area contributed by atoms with Crippen molar-refractivity contribution in [3.05, 3.63) is 76.2 Å². The Labute approximate surface area is 131 Å². The van der Waals surface area contributed by atoms with Gasteiger partial charge in [0.2, 0.25) is 0 Å². The zero-order valence-corrected chi connectivity index (χ0v) is 12.2. The molecule has 116 valence electrons. The van der Waals surface area contributed by atoms with Gasteiger partial charge in [-0.15, -0.1) is 0 Å². The number of nitrogens with zero attached hydrogens (tertiary/aromatic N) is 3. The summed E-state index contributed by atoms with van der Waals surface area (Å²) in [7, 11) is 0. The fourth-order valence-electron chi connectivity index (χ4n) is 2.33. The molecule has 0 aliphatic rings. The minimum atomic E-state index is -0.559. The highest BCUT2D eigenvalue weighted by molar-refractivity contribution is 5.98. The first-order valence-electron chi connectivity index (χ1n) is 7.09. The molecule has 2 aromatic heterocycles. The van der Waals surface area contributed by atoms with Crippen molar-refractivity contribution in [1.29, 1.82) is 0 Å². The standard InChI is InChI=1S/C16H14N4O3/c21-16(13-5-1-2-6-14(13)20(22)23)17-9-8-12-11-19-10-4-3-7-15(19)18-12/h1-7,10-11H,8-9H2,(H,17,21). The molecule has 1 amide bonds. The highest BCUT2D eigenvalue weighted by Crippen LogP contribution is 2.17. The van der Waals surface area contributed by atoms with E-state index in [4.69, 9.17) is 0 Å². The van der Waals surface area contributed by atoms with Gasteiger partial charge >= 0.3 is 0 Å². The molecule has 7 heteroatoms. The van der Waals surface area contributed by atoms with Crippen LogP contribution in [0.25, 0.3) is 5.65 Å². The van der Waals surface area contributed by atoms with E-state index in [9.17, 15) is 14.9 Å². The summed E-state index contributed by atoms with van der Waals surface area (Å²) in [6, 6.07) is 11.6. The van der Waals surface area contributed by atoms with Gasteiger partial charge in [0.1, 0.15) is 11.2 Å². The molecule has 0 radical (unpaired) electrons. The molecule has 0 fully saturated rings. The average Bonchev–Trinajstić information content (AvgIpc) is 2.97. The van der Waals surface area contributed by atoms with Crippen LogP contribution in [0.2, 0.25) is 0 Å². The van der Waals surface area contributed by atoms with Crippen molar-refractivity contribution in [2.45, 2.75) is 6.42 Å². The number of pyridine rings is 1. The highest BCUT2D eigenvalue weighted by atomic mass is 16.6. The number of para-hydroxylation sites is 1. The van der Waals surface area contributed by atoms with Gasteiger partial charge in [-0.3, -0.25) is 14.9 Å². The molecule has 0 aliphatic carbocycles. The smallest absolute Gasteiger partial charge is 0.282 e. The van der Waals surface area contributed by atoms with Crippen LogP contribution in [0.1, 0.15) is 16.1 Å². The topological polar surface area (TPSA) is 89.5 Å². The molecular formula is C16H14N4O3. The van der Waals surface area contributed by atoms with Crippen LogP contribution in [-0.2, 0) is 6.42 Å². The number of aromatic nitrogens is 2. The quantitative estimate of drug-likeness (QED) is 0.578. The number of hydrogen-bond acceptors (Lipinski definition) is 4. The zero-order valence-electron chi connectivity index (χ0n) is 12.2. The SMILES string of the molecule is O=C(NCCc1cn2ccccc2n1)c1ccccc1[N+](=O)[O-]. The summed E-state index contributed by atoms with van der Waals surface area (Å²) in [5.41, 5.74) is 1.55. The van der Waals surface area contributed by atoms with Crippen LogP contribution in [0.4, 0.5) is 5.69 Å². The predicted octanol–water partition coefficient (Wildman–Crippen LogP) is 2.21. The molecule has 0 saturated heterocycles. The van der Waals surface area contributed by atoms with Gasteiger partial charge in [-0.05, 0) is 18.2 Å². The van der Waals surface area contributed by atoms with Gasteiger partial charge in [-0.25, -0.2) is 4.98 Å². The molecule has 2 heterocycles. The minimum absolute atomic E-state index is 0.0625. The number of carbonyl (C=O) groups excluding carboxylic acids is 1. The normalized spacial score (nSPS) is 10.6. The van der Waals surface area contributed by atoms with Gasteiger partial charge in [0, 0.05) is 31.4 Å². The lowest BCUT2D eigenvalue weighted by atomic mass is 10.1. The van der Waals surface area contributed by atoms with Crippen LogP contribution in [0.3, 0.4) is 0 Å². The Morgan fingerprint density at radius 2 is 2.00 bits per heavy atom. The molecule has 0 atom stereocenters. The Hall–Kier alpha value is -3.22. The third kappa shape index (κ3) is 3.18. The maximum absolute atomic E-state index is 12.1. The summed E-state index contributed by atoms with van der Waals surface area (Å²) in [6.07, 6.45) is 4.35. The molecule has 0 unspecified atom stereocenters. The summed E-state index contributed by atoms with van der Waals surface area (Å²) >= 11 is 0. The van der Waals surface area contributed by atoms with Gasteiger partial charge in [0.25, 0.3) is 11.6 Å². The summed E-state index contributed by atoms with van der Waals surface area (Å²) in [4.78, 5) is 26.9. The molecule has 0 bridgehead atoms. The van der Waals surface area contributed by atoms with Gasteiger partial charge in [0.05, 0.1) is 10.6 Å². The predicted molar refractivity (Wildman–Crippen MR) is 84.3 cm³/mol. The Balaban J connectivity index is 1.64. The zero-order chi connectivity index (χ0) is 16.2. The lowest BCUT2D eigenvalue weighted by Crippen LogP contribution is -2.26. The highest BCUT2D eigenvalue weighted by Gasteiger charge is 2.18. The number of rotatable bonds is 5. The van der Waals surface area contributed by atoms with Crippen LogP contribution < -0.4 is 5.32 Å². The number of imidazole rings is 1. The molecular weight excluding hydrogens is 296 g/mol. The van der Waals surface area contributed by atoms with Gasteiger partial charge in [0.15, 0.2) is 0 Å². The van der Waals surface area contributed by atoms with Gasteiger partial charge < -0.3 is 9.72 Å². The van der Waals surface area contributed by atoms with Crippen LogP contribution >= 0.6 is 0 Å². The maximum atomic E-state index is 12.1. The summed E-state index contributed by atoms with van der Waals surface area (Å²) in [6.45, 7) is 0.356. The van der Waals surface area contributed by atoms with Crippen LogP contribution in [0, 0.1) is 10.1 Å². The molecule has 1 aromatic carbocycles. The summed E-state index contributed by atoms with van der Waals surface area (Å²) in [5, 5.41) is 13.6. The fraction of sp³-hybridized carbons (Fsp3) is 0.125. The number of nitro benzene ring substituents is 1. The molecule has 0 aliphatic heterocycles. The first-order valence-corrected chi connectivity index (χ1v) is 7.09. The molecule has 0 saturated carbocycles. The summed E-state index contributed by atoms with van der Waals surface area (Å²) < 4.78 is 1.90. The lowest BCUT2D eigenvalue weighted by Gasteiger charge is -2.04. The maximum Gasteiger partial charge on any atom is 0.282 e. The molecule has 0 spiro atoms. The minimum Gasteiger partial charge on any atom is -0.351 e. The van der Waals surface area contributed by atoms with Crippen molar-refractivity contribution in [3.8, 4) is 0 Å². The third-order valence-electron chi connectivity index (χ3n) is 3.43. The van der Waals surface area contributed by atoms with E-state index < -0.39 is 10.8 Å². The second-order valence-electron chi connectivity index (χ2n) is 4.98. The second kappa shape index (κ2) is 6.27. The second-order valence-corrected chi connectivity index (χ2v) is 4.98. The van der Waals surface area contributed by atoms with Crippen molar-refractivity contribution in [3.63, 3.8) is 0 Å². The Bertz CT molecular complexity index is 839. The largest absolute Gasteiger partial charge is 0.351 e. The monoisotopic (exact) mass is 310 g/mol. The first-order chi connectivity index (χ1) is 11.1. The van der Waals surface area contributed by atoms with Crippen molar-refractivity contribution in [1.82, 2.24) is 14.7 Å². The fourth-order valence-corrected chi connectivity index (χ4v) is 2.33. The van der Waals surface area contributed by atoms with Crippen molar-refractivity contribution >= 4 is 17.2 Å². The summed E-state index contributed by atoms with van der Waals surface area (Å²) in [5.74, 6) is -0.457. The number of benzene rings is 1. The number of carbonyl (C=O) groups is 1. The molecule has 1 N–H and O–H groups in total. The van der Waals surface area contributed by atoms with Crippen molar-refractivity contribution < 1.29 is 9.72 Å². The number of nitro groups is 1. The van der Waals surface area contributed by atoms with E-state index in [0.29, 0.717) is 13.0 Å². The number of amides is 1. The van der Waals surface area contributed by atoms with Crippen molar-refractivity contribution in [2.75, 3.05) is 6.54 Å². The molecule has 3 rings (SSSR count). The molecule has 7 nitrogen and oxygen atoms in total. The Morgan fingerprint density at radius 3 is 2.78 bits per heavy atom. The third-order valence-corrected chi connectivity index (χ3v) is 3.43. The lowest BCUT2D eigenvalue weighted by molar-refractivity contribution is -0.385. The number of hydrogen-bond donors (Lipinski definition) is 1. The van der Waals surface area contributed by atoms with Crippen LogP contribution in [-0.4, -0.2) is 26.8 Å². The van der Waals surface area contributed by atoms with E-state index >= 15 is 0 Å². The van der Waals surface area contributed by atoms with E-state index in [1.165, 1.54) is 18.2 Å². The van der Waals surface area contributed by atoms with E-state index in [1.54, 1.807) is 6.07 Å². The molecule has 23 heavy (non-hydrogen) atoms. The first kappa shape index (κ1) is 14.7. The van der Waals surface area contributed by atoms with E-state index in [2.05, 4.69) is 10.3 Å². The number of fused-ring (bicyclic) bond motifs is 1. The van der Waals surface area contributed by atoms with Crippen LogP contribution in [0.5, 0.6) is 0 Å². The van der Waals surface area contributed by atoms with E-state index in [-0.39, 0.29) is 11.3 Å². The molecule has 3 aromatic rings. The average molecular weight is 310 g/mol. The van der Waals surface area contributed by atoms with Gasteiger partial charge in [-0.2, -0.15) is 0 Å². The Morgan fingerprint density at radius 1 is 1.22 bits per heavy atom.